The van der Waals surface area contributed by atoms with Gasteiger partial charge in [-0.25, -0.2) is 5.84 Å². The van der Waals surface area contributed by atoms with Crippen molar-refractivity contribution in [3.63, 3.8) is 0 Å². The SMILES string of the molecule is CC(C)N1CCC(N2CC3CC(C2)N(C2C=CC=C(C(=O)N(N)CC4CC4)N2)C3)CC1. The van der Waals surface area contributed by atoms with Crippen LogP contribution >= 0.6 is 0 Å². The van der Waals surface area contributed by atoms with Crippen LogP contribution in [0.25, 0.3) is 0 Å². The Bertz CT molecular complexity index is 724. The number of carbonyl (C=O) groups is 1. The number of fused-ring (bicyclic) bond motifs is 2. The number of piperidine rings is 2. The second-order valence-electron chi connectivity index (χ2n) is 10.7. The first-order valence-corrected chi connectivity index (χ1v) is 12.4. The van der Waals surface area contributed by atoms with E-state index in [0.29, 0.717) is 30.2 Å². The Kier molecular flexibility index (Phi) is 6.12. The van der Waals surface area contributed by atoms with Crippen LogP contribution in [-0.4, -0.2) is 89.2 Å². The van der Waals surface area contributed by atoms with E-state index in [9.17, 15) is 4.79 Å². The maximum absolute atomic E-state index is 12.8. The van der Waals surface area contributed by atoms with Gasteiger partial charge in [0, 0.05) is 44.3 Å². The summed E-state index contributed by atoms with van der Waals surface area (Å²) in [4.78, 5) is 20.8. The molecule has 31 heavy (non-hydrogen) atoms. The highest BCUT2D eigenvalue weighted by atomic mass is 16.2. The Morgan fingerprint density at radius 3 is 2.65 bits per heavy atom. The average Bonchev–Trinajstić information content (AvgIpc) is 3.55. The lowest BCUT2D eigenvalue weighted by atomic mass is 9.94. The van der Waals surface area contributed by atoms with Crippen LogP contribution in [0.4, 0.5) is 0 Å². The molecule has 4 aliphatic heterocycles. The number of rotatable bonds is 6. The van der Waals surface area contributed by atoms with Gasteiger partial charge in [-0.2, -0.15) is 0 Å². The smallest absolute Gasteiger partial charge is 0.283 e. The molecule has 2 bridgehead atoms. The molecule has 1 aliphatic carbocycles. The lowest BCUT2D eigenvalue weighted by molar-refractivity contribution is -0.128. The highest BCUT2D eigenvalue weighted by Crippen LogP contribution is 2.34. The van der Waals surface area contributed by atoms with Crippen molar-refractivity contribution in [3.8, 4) is 0 Å². The minimum atomic E-state index is -0.0815. The van der Waals surface area contributed by atoms with E-state index in [4.69, 9.17) is 5.84 Å². The van der Waals surface area contributed by atoms with Gasteiger partial charge < -0.3 is 10.2 Å². The third kappa shape index (κ3) is 4.70. The van der Waals surface area contributed by atoms with E-state index in [-0.39, 0.29) is 12.1 Å². The lowest BCUT2D eigenvalue weighted by Gasteiger charge is -2.43. The molecule has 0 aromatic rings. The topological polar surface area (TPSA) is 68.1 Å². The fourth-order valence-corrected chi connectivity index (χ4v) is 6.09. The molecule has 0 aromatic heterocycles. The number of amides is 1. The Labute approximate surface area is 187 Å². The van der Waals surface area contributed by atoms with Crippen molar-refractivity contribution in [2.24, 2.45) is 17.7 Å². The van der Waals surface area contributed by atoms with Crippen molar-refractivity contribution in [3.05, 3.63) is 23.9 Å². The van der Waals surface area contributed by atoms with Crippen LogP contribution in [0.15, 0.2) is 23.9 Å². The maximum Gasteiger partial charge on any atom is 0.283 e. The normalized spacial score (nSPS) is 32.9. The predicted molar refractivity (Wildman–Crippen MR) is 123 cm³/mol. The predicted octanol–water partition coefficient (Wildman–Crippen LogP) is 1.35. The summed E-state index contributed by atoms with van der Waals surface area (Å²) in [7, 11) is 0. The second kappa shape index (κ2) is 8.85. The minimum Gasteiger partial charge on any atom is -0.362 e. The summed E-state index contributed by atoms with van der Waals surface area (Å²) in [5, 5.41) is 4.90. The number of allylic oxidation sites excluding steroid dienone is 2. The third-order valence-corrected chi connectivity index (χ3v) is 8.09. The van der Waals surface area contributed by atoms with E-state index >= 15 is 0 Å². The molecule has 1 amide bonds. The Morgan fingerprint density at radius 1 is 1.16 bits per heavy atom. The average molecular weight is 429 g/mol. The van der Waals surface area contributed by atoms with E-state index in [0.717, 1.165) is 25.0 Å². The molecule has 3 saturated heterocycles. The maximum atomic E-state index is 12.8. The first kappa shape index (κ1) is 21.4. The molecule has 5 aliphatic rings. The summed E-state index contributed by atoms with van der Waals surface area (Å²) in [5.41, 5.74) is 0.634. The van der Waals surface area contributed by atoms with Crippen molar-refractivity contribution in [2.45, 2.75) is 70.2 Å². The first-order chi connectivity index (χ1) is 15.0. The van der Waals surface area contributed by atoms with Crippen LogP contribution in [0.1, 0.15) is 46.0 Å². The van der Waals surface area contributed by atoms with Crippen molar-refractivity contribution < 1.29 is 4.79 Å². The number of likely N-dealkylation sites (tertiary alicyclic amines) is 3. The first-order valence-electron chi connectivity index (χ1n) is 12.4. The summed E-state index contributed by atoms with van der Waals surface area (Å²) in [5.74, 6) is 7.31. The van der Waals surface area contributed by atoms with Crippen LogP contribution in [0.2, 0.25) is 0 Å². The van der Waals surface area contributed by atoms with Gasteiger partial charge in [0.15, 0.2) is 0 Å². The molecule has 3 atom stereocenters. The summed E-state index contributed by atoms with van der Waals surface area (Å²) in [6.45, 7) is 11.3. The van der Waals surface area contributed by atoms with E-state index < -0.39 is 0 Å². The number of nitrogens with zero attached hydrogens (tertiary/aromatic N) is 4. The van der Waals surface area contributed by atoms with Gasteiger partial charge in [-0.3, -0.25) is 19.6 Å². The molecule has 4 fully saturated rings. The summed E-state index contributed by atoms with van der Waals surface area (Å²) < 4.78 is 0. The summed E-state index contributed by atoms with van der Waals surface area (Å²) in [6, 6.07) is 1.97. The highest BCUT2D eigenvalue weighted by molar-refractivity contribution is 5.93. The van der Waals surface area contributed by atoms with Crippen molar-refractivity contribution >= 4 is 5.91 Å². The summed E-state index contributed by atoms with van der Waals surface area (Å²) >= 11 is 0. The molecule has 7 nitrogen and oxygen atoms in total. The zero-order chi connectivity index (χ0) is 21.5. The van der Waals surface area contributed by atoms with Gasteiger partial charge in [0.1, 0.15) is 5.70 Å². The van der Waals surface area contributed by atoms with Crippen molar-refractivity contribution in [2.75, 3.05) is 39.3 Å². The van der Waals surface area contributed by atoms with Crippen LogP contribution in [0, 0.1) is 11.8 Å². The highest BCUT2D eigenvalue weighted by Gasteiger charge is 2.43. The van der Waals surface area contributed by atoms with E-state index in [2.05, 4.69) is 39.9 Å². The van der Waals surface area contributed by atoms with Crippen LogP contribution < -0.4 is 11.2 Å². The zero-order valence-electron chi connectivity index (χ0n) is 19.2. The van der Waals surface area contributed by atoms with Gasteiger partial charge in [0.05, 0.1) is 6.17 Å². The molecule has 7 heteroatoms. The second-order valence-corrected chi connectivity index (χ2v) is 10.7. The Morgan fingerprint density at radius 2 is 1.94 bits per heavy atom. The Balaban J connectivity index is 1.17. The molecule has 0 radical (unpaired) electrons. The quantitative estimate of drug-likeness (QED) is 0.378. The fourth-order valence-electron chi connectivity index (χ4n) is 6.09. The van der Waals surface area contributed by atoms with E-state index in [1.165, 1.54) is 56.7 Å². The molecule has 3 N–H and O–H groups in total. The molecule has 0 spiro atoms. The number of hydrogen-bond donors (Lipinski definition) is 2. The third-order valence-electron chi connectivity index (χ3n) is 8.09. The molecule has 4 heterocycles. The standard InChI is InChI=1S/C24H40N6O/c1-17(2)27-10-8-20(9-11-27)28-13-19-12-21(16-28)29(14-19)23-5-3-4-22(26-23)24(31)30(25)15-18-6-7-18/h3-5,17-21,23,26H,6-16,25H2,1-2H3. The monoisotopic (exact) mass is 428 g/mol. The largest absolute Gasteiger partial charge is 0.362 e. The number of nitrogens with one attached hydrogen (secondary N) is 1. The number of hydrogen-bond acceptors (Lipinski definition) is 6. The van der Waals surface area contributed by atoms with Gasteiger partial charge in [-0.05, 0) is 83.0 Å². The van der Waals surface area contributed by atoms with Gasteiger partial charge in [0.25, 0.3) is 5.91 Å². The number of dihydropyridines is 1. The molecular formula is C24H40N6O. The number of nitrogens with two attached hydrogens (primary N) is 1. The van der Waals surface area contributed by atoms with Crippen LogP contribution in [0.5, 0.6) is 0 Å². The molecule has 5 rings (SSSR count). The lowest BCUT2D eigenvalue weighted by Crippen LogP contribution is -2.54. The number of hydrazine groups is 1. The van der Waals surface area contributed by atoms with Gasteiger partial charge >= 0.3 is 0 Å². The molecule has 172 valence electrons. The van der Waals surface area contributed by atoms with Crippen LogP contribution in [0.3, 0.4) is 0 Å². The fraction of sp³-hybridized carbons (Fsp3) is 0.792. The van der Waals surface area contributed by atoms with Gasteiger partial charge in [-0.15, -0.1) is 0 Å². The van der Waals surface area contributed by atoms with E-state index in [1.54, 1.807) is 0 Å². The molecule has 1 saturated carbocycles. The van der Waals surface area contributed by atoms with E-state index in [1.807, 2.05) is 12.2 Å². The van der Waals surface area contributed by atoms with Crippen molar-refractivity contribution in [1.82, 2.24) is 25.0 Å². The molecule has 0 aromatic carbocycles. The van der Waals surface area contributed by atoms with Crippen LogP contribution in [-0.2, 0) is 4.79 Å². The molecule has 3 unspecified atom stereocenters. The zero-order valence-corrected chi connectivity index (χ0v) is 19.2. The van der Waals surface area contributed by atoms with Gasteiger partial charge in [-0.1, -0.05) is 6.08 Å². The molecular weight excluding hydrogens is 388 g/mol. The van der Waals surface area contributed by atoms with Gasteiger partial charge in [0.2, 0.25) is 0 Å². The Hall–Kier alpha value is -1.41. The number of carbonyl (C=O) groups excluding carboxylic acids is 1. The summed E-state index contributed by atoms with van der Waals surface area (Å²) in [6.07, 6.45) is 12.5. The van der Waals surface area contributed by atoms with Crippen molar-refractivity contribution in [1.29, 1.82) is 0 Å². The minimum absolute atomic E-state index is 0.0815.